The summed E-state index contributed by atoms with van der Waals surface area (Å²) in [6.07, 6.45) is -2.05. The van der Waals surface area contributed by atoms with Gasteiger partial charge in [0.1, 0.15) is 18.2 Å². The van der Waals surface area contributed by atoms with Gasteiger partial charge in [0.15, 0.2) is 11.6 Å². The standard InChI is InChI=1S/C22H20F4N4O3/c1-13-5-6-30-20(29(13)2)9-19(28-21(30)31)32-12-14-3-4-18(17(23)7-14)33-16-8-15(10-27-11-16)22(24,25)26/h3-4,7-11,13H,5-6,12H2,1-2H3. The first-order valence-electron chi connectivity index (χ1n) is 10.1. The maximum Gasteiger partial charge on any atom is 0.418 e. The first kappa shape index (κ1) is 22.6. The van der Waals surface area contributed by atoms with Crippen LogP contribution in [0.15, 0.2) is 47.5 Å². The van der Waals surface area contributed by atoms with Crippen molar-refractivity contribution in [2.45, 2.75) is 38.7 Å². The molecule has 33 heavy (non-hydrogen) atoms. The molecule has 1 aromatic carbocycles. The van der Waals surface area contributed by atoms with Gasteiger partial charge in [-0.3, -0.25) is 9.55 Å². The second kappa shape index (κ2) is 8.72. The van der Waals surface area contributed by atoms with Crippen LogP contribution >= 0.6 is 0 Å². The molecular formula is C22H20F4N4O3. The third-order valence-electron chi connectivity index (χ3n) is 5.41. The van der Waals surface area contributed by atoms with Crippen LogP contribution in [0.25, 0.3) is 0 Å². The van der Waals surface area contributed by atoms with Crippen LogP contribution in [0.3, 0.4) is 0 Å². The Morgan fingerprint density at radius 1 is 1.18 bits per heavy atom. The van der Waals surface area contributed by atoms with E-state index in [0.717, 1.165) is 24.8 Å². The lowest BCUT2D eigenvalue weighted by atomic mass is 10.1. The van der Waals surface area contributed by atoms with E-state index < -0.39 is 23.2 Å². The molecule has 3 heterocycles. The van der Waals surface area contributed by atoms with Gasteiger partial charge < -0.3 is 14.4 Å². The molecule has 1 aliphatic heterocycles. The van der Waals surface area contributed by atoms with Crippen molar-refractivity contribution in [3.63, 3.8) is 0 Å². The smallest absolute Gasteiger partial charge is 0.418 e. The monoisotopic (exact) mass is 464 g/mol. The highest BCUT2D eigenvalue weighted by atomic mass is 19.4. The highest BCUT2D eigenvalue weighted by Crippen LogP contribution is 2.32. The second-order valence-electron chi connectivity index (χ2n) is 7.70. The molecule has 2 aromatic heterocycles. The van der Waals surface area contributed by atoms with Crippen molar-refractivity contribution in [3.8, 4) is 17.4 Å². The van der Waals surface area contributed by atoms with E-state index in [0.29, 0.717) is 24.1 Å². The van der Waals surface area contributed by atoms with Gasteiger partial charge in [0.05, 0.1) is 11.8 Å². The van der Waals surface area contributed by atoms with Crippen LogP contribution in [0.1, 0.15) is 24.5 Å². The Labute approximate surface area is 186 Å². The minimum Gasteiger partial charge on any atom is -0.473 e. The molecule has 1 aliphatic rings. The lowest BCUT2D eigenvalue weighted by Crippen LogP contribution is -2.41. The number of benzene rings is 1. The van der Waals surface area contributed by atoms with Crippen LogP contribution in [-0.2, 0) is 19.3 Å². The van der Waals surface area contributed by atoms with Crippen LogP contribution in [-0.4, -0.2) is 27.6 Å². The van der Waals surface area contributed by atoms with Gasteiger partial charge in [-0.1, -0.05) is 6.07 Å². The molecule has 11 heteroatoms. The molecule has 0 fully saturated rings. The van der Waals surface area contributed by atoms with Crippen LogP contribution < -0.4 is 20.1 Å². The molecule has 0 aliphatic carbocycles. The Bertz CT molecular complexity index is 1230. The average Bonchev–Trinajstić information content (AvgIpc) is 2.76. The summed E-state index contributed by atoms with van der Waals surface area (Å²) in [6, 6.07) is 6.56. The van der Waals surface area contributed by atoms with Crippen LogP contribution in [0, 0.1) is 5.82 Å². The van der Waals surface area contributed by atoms with Gasteiger partial charge in [-0.05, 0) is 37.1 Å². The quantitative estimate of drug-likeness (QED) is 0.522. The Balaban J connectivity index is 1.47. The number of ether oxygens (including phenoxy) is 2. The van der Waals surface area contributed by atoms with Gasteiger partial charge in [-0.25, -0.2) is 9.18 Å². The number of aromatic nitrogens is 3. The second-order valence-corrected chi connectivity index (χ2v) is 7.70. The van der Waals surface area contributed by atoms with Crippen molar-refractivity contribution in [1.82, 2.24) is 14.5 Å². The number of fused-ring (bicyclic) bond motifs is 1. The highest BCUT2D eigenvalue weighted by Gasteiger charge is 2.31. The van der Waals surface area contributed by atoms with Crippen molar-refractivity contribution >= 4 is 5.82 Å². The van der Waals surface area contributed by atoms with Gasteiger partial charge in [0.25, 0.3) is 0 Å². The Kier molecular flexibility index (Phi) is 5.96. The van der Waals surface area contributed by atoms with Gasteiger partial charge >= 0.3 is 11.9 Å². The van der Waals surface area contributed by atoms with E-state index >= 15 is 0 Å². The first-order chi connectivity index (χ1) is 15.6. The van der Waals surface area contributed by atoms with Gasteiger partial charge in [0.2, 0.25) is 5.88 Å². The predicted octanol–water partition coefficient (Wildman–Crippen LogP) is 4.40. The molecule has 1 unspecified atom stereocenters. The van der Waals surface area contributed by atoms with E-state index in [2.05, 4.69) is 16.9 Å². The number of hydrogen-bond acceptors (Lipinski definition) is 6. The van der Waals surface area contributed by atoms with Crippen molar-refractivity contribution in [2.75, 3.05) is 11.9 Å². The number of nitrogens with zero attached hydrogens (tertiary/aromatic N) is 4. The van der Waals surface area contributed by atoms with Crippen molar-refractivity contribution in [3.05, 3.63) is 70.2 Å². The fraction of sp³-hybridized carbons (Fsp3) is 0.318. The summed E-state index contributed by atoms with van der Waals surface area (Å²) in [5.41, 5.74) is -1.01. The van der Waals surface area contributed by atoms with Gasteiger partial charge in [-0.2, -0.15) is 18.2 Å². The SMILES string of the molecule is CC1CCn2c(cc(OCc3ccc(Oc4cncc(C(F)(F)F)c4)c(F)c3)nc2=O)N1C. The molecule has 0 spiro atoms. The van der Waals surface area contributed by atoms with Crippen LogP contribution in [0.4, 0.5) is 23.4 Å². The molecule has 0 saturated heterocycles. The molecule has 0 radical (unpaired) electrons. The molecule has 0 amide bonds. The van der Waals surface area contributed by atoms with Crippen molar-refractivity contribution < 1.29 is 27.0 Å². The number of anilines is 1. The van der Waals surface area contributed by atoms with E-state index in [-0.39, 0.29) is 30.0 Å². The molecule has 174 valence electrons. The molecule has 0 bridgehead atoms. The summed E-state index contributed by atoms with van der Waals surface area (Å²) in [7, 11) is 1.88. The Morgan fingerprint density at radius 3 is 2.70 bits per heavy atom. The maximum absolute atomic E-state index is 14.5. The first-order valence-corrected chi connectivity index (χ1v) is 10.1. The molecule has 0 saturated carbocycles. The van der Waals surface area contributed by atoms with Crippen molar-refractivity contribution in [2.24, 2.45) is 0 Å². The van der Waals surface area contributed by atoms with E-state index in [1.54, 1.807) is 10.6 Å². The number of hydrogen-bond donors (Lipinski definition) is 0. The summed E-state index contributed by atoms with van der Waals surface area (Å²) < 4.78 is 65.3. The number of alkyl halides is 3. The fourth-order valence-corrected chi connectivity index (χ4v) is 3.42. The molecule has 1 atom stereocenters. The summed E-state index contributed by atoms with van der Waals surface area (Å²) >= 11 is 0. The molecular weight excluding hydrogens is 444 g/mol. The summed E-state index contributed by atoms with van der Waals surface area (Å²) in [5, 5.41) is 0. The van der Waals surface area contributed by atoms with E-state index in [4.69, 9.17) is 9.47 Å². The number of pyridine rings is 1. The minimum absolute atomic E-state index is 0.0719. The zero-order chi connectivity index (χ0) is 23.8. The topological polar surface area (TPSA) is 69.5 Å². The zero-order valence-corrected chi connectivity index (χ0v) is 17.8. The summed E-state index contributed by atoms with van der Waals surface area (Å²) in [6.45, 7) is 2.55. The highest BCUT2D eigenvalue weighted by molar-refractivity contribution is 5.44. The zero-order valence-electron chi connectivity index (χ0n) is 17.8. The Hall–Kier alpha value is -3.63. The largest absolute Gasteiger partial charge is 0.473 e. The summed E-state index contributed by atoms with van der Waals surface area (Å²) in [5.74, 6) is -0.498. The number of rotatable bonds is 5. The van der Waals surface area contributed by atoms with Gasteiger partial charge in [-0.15, -0.1) is 0 Å². The normalized spacial score (nSPS) is 15.8. The molecule has 0 N–H and O–H groups in total. The van der Waals surface area contributed by atoms with Crippen LogP contribution in [0.2, 0.25) is 0 Å². The lowest BCUT2D eigenvalue weighted by Gasteiger charge is -2.34. The average molecular weight is 464 g/mol. The summed E-state index contributed by atoms with van der Waals surface area (Å²) in [4.78, 5) is 21.7. The molecule has 7 nitrogen and oxygen atoms in total. The lowest BCUT2D eigenvalue weighted by molar-refractivity contribution is -0.137. The maximum atomic E-state index is 14.5. The van der Waals surface area contributed by atoms with Crippen LogP contribution in [0.5, 0.6) is 17.4 Å². The van der Waals surface area contributed by atoms with E-state index in [1.807, 2.05) is 11.9 Å². The van der Waals surface area contributed by atoms with E-state index in [9.17, 15) is 22.4 Å². The van der Waals surface area contributed by atoms with Crippen molar-refractivity contribution in [1.29, 1.82) is 0 Å². The Morgan fingerprint density at radius 2 is 1.97 bits per heavy atom. The number of halogens is 4. The fourth-order valence-electron chi connectivity index (χ4n) is 3.42. The predicted molar refractivity (Wildman–Crippen MR) is 111 cm³/mol. The van der Waals surface area contributed by atoms with Gasteiger partial charge in [0, 0.05) is 31.9 Å². The van der Waals surface area contributed by atoms with E-state index in [1.165, 1.54) is 12.1 Å². The molecule has 3 aromatic rings. The third-order valence-corrected chi connectivity index (χ3v) is 5.41. The minimum atomic E-state index is -4.59. The molecule has 4 rings (SSSR count). The third kappa shape index (κ3) is 4.91.